The second kappa shape index (κ2) is 6.21. The summed E-state index contributed by atoms with van der Waals surface area (Å²) in [4.78, 5) is 14.3. The SMILES string of the molecule is [3H]OP(=O)(C/C(C)=C/[C-]=O)[O+]([3H])[3H].[Y]. The summed E-state index contributed by atoms with van der Waals surface area (Å²) in [5.41, 5.74) is 0.322. The third-order valence-corrected chi connectivity index (χ3v) is 1.63. The first-order valence-corrected chi connectivity index (χ1v) is 4.23. The molecular formula is C5H9O4PY. The fourth-order valence-corrected chi connectivity index (χ4v) is 1.15. The summed E-state index contributed by atoms with van der Waals surface area (Å²) in [7, 11) is -3.86. The standard InChI is InChI=1S/C5H8O4P.Y/c1-5(2-3-6)4-10(7,8)9;/h2H,4H2,1H3,(H2,7,8,9);/q-1;/p+1/b5-2+;/i/hT3. The van der Waals surface area contributed by atoms with Crippen LogP contribution in [0.25, 0.3) is 0 Å². The molecule has 0 spiro atoms. The summed E-state index contributed by atoms with van der Waals surface area (Å²) in [6.07, 6.45) is 2.12. The van der Waals surface area contributed by atoms with Gasteiger partial charge >= 0.3 is 10.5 Å². The Bertz CT molecular complexity index is 257. The molecule has 0 saturated heterocycles. The molecule has 3 N–H and O–H groups in total. The topological polar surface area (TPSA) is 77.3 Å². The number of rotatable bonds is 5. The van der Waals surface area contributed by atoms with E-state index in [1.165, 1.54) is 13.2 Å². The molecule has 1 atom stereocenters. The van der Waals surface area contributed by atoms with E-state index in [2.05, 4.69) is 4.90 Å². The van der Waals surface area contributed by atoms with Crippen molar-refractivity contribution in [2.75, 3.05) is 6.16 Å². The molecule has 6 heteroatoms. The Labute approximate surface area is 94.6 Å². The molecule has 1 unspecified atom stereocenters. The van der Waals surface area contributed by atoms with Gasteiger partial charge in [-0.1, -0.05) is 0 Å². The van der Waals surface area contributed by atoms with E-state index in [0.717, 1.165) is 6.08 Å². The van der Waals surface area contributed by atoms with Crippen molar-refractivity contribution in [3.05, 3.63) is 11.6 Å². The van der Waals surface area contributed by atoms with Crippen molar-refractivity contribution in [3.63, 3.8) is 0 Å². The molecule has 11 heavy (non-hydrogen) atoms. The Kier molecular flexibility index (Phi) is 4.67. The molecule has 0 bridgehead atoms. The van der Waals surface area contributed by atoms with Crippen LogP contribution in [0.2, 0.25) is 0 Å². The summed E-state index contributed by atoms with van der Waals surface area (Å²) in [6.45, 7) is 1.46. The number of carbonyl (C=O) groups excluding carboxylic acids is 1. The van der Waals surface area contributed by atoms with Gasteiger partial charge in [-0.2, -0.15) is 11.6 Å². The maximum Gasteiger partial charge on any atom is 0.491 e. The van der Waals surface area contributed by atoms with Crippen LogP contribution in [0.4, 0.5) is 0 Å². The van der Waals surface area contributed by atoms with Gasteiger partial charge in [-0.05, 0) is 6.29 Å². The number of hydrogen-bond acceptors (Lipinski definition) is 3. The number of allylic oxidation sites excluding steroid dienone is 2. The summed E-state index contributed by atoms with van der Waals surface area (Å²) in [6, 6.07) is 0. The van der Waals surface area contributed by atoms with Gasteiger partial charge in [0.15, 0.2) is 0 Å². The van der Waals surface area contributed by atoms with E-state index in [0.29, 0.717) is 10.5 Å². The Balaban J connectivity index is 0. The van der Waals surface area contributed by atoms with Gasteiger partial charge in [0.25, 0.3) is 0 Å². The zero-order valence-corrected chi connectivity index (χ0v) is 9.67. The molecule has 0 aliphatic carbocycles. The molecule has 0 aromatic heterocycles. The molecule has 0 aromatic carbocycles. The van der Waals surface area contributed by atoms with Crippen LogP contribution in [-0.4, -0.2) is 26.5 Å². The first-order valence-electron chi connectivity index (χ1n) is 3.72. The molecule has 0 aliphatic rings. The van der Waals surface area contributed by atoms with E-state index in [4.69, 9.17) is 4.29 Å². The molecule has 0 heterocycles. The average Bonchev–Trinajstić information content (AvgIpc) is 2.04. The average molecular weight is 259 g/mol. The van der Waals surface area contributed by atoms with Gasteiger partial charge in [-0.15, -0.1) is 6.92 Å². The van der Waals surface area contributed by atoms with Crippen LogP contribution < -0.4 is 0 Å². The molecule has 0 rings (SSSR count). The maximum absolute atomic E-state index is 11.3. The molecule has 0 aliphatic heterocycles. The van der Waals surface area contributed by atoms with Crippen molar-refractivity contribution >= 4 is 13.9 Å². The molecule has 4 nitrogen and oxygen atoms in total. The van der Waals surface area contributed by atoms with Gasteiger partial charge in [0.1, 0.15) is 0 Å². The fourth-order valence-electron chi connectivity index (χ4n) is 0.452. The van der Waals surface area contributed by atoms with Crippen LogP contribution in [0.1, 0.15) is 6.92 Å². The normalized spacial score (nSPS) is 20.5. The minimum atomic E-state index is -3.86. The zero-order valence-electron chi connectivity index (χ0n) is 8.94. The first-order chi connectivity index (χ1) is 5.96. The van der Waals surface area contributed by atoms with E-state index < -0.39 is 7.60 Å². The Hall–Kier alpha value is 0.664. The number of hydrogen-bond donors (Lipinski definition) is 1. The molecule has 0 saturated carbocycles. The van der Waals surface area contributed by atoms with Crippen molar-refractivity contribution < 1.29 is 51.9 Å². The largest absolute Gasteiger partial charge is 0.491 e. The van der Waals surface area contributed by atoms with E-state index in [1.54, 1.807) is 0 Å². The third-order valence-electron chi connectivity index (χ3n) is 0.748. The van der Waals surface area contributed by atoms with Gasteiger partial charge in [-0.3, -0.25) is 4.90 Å². The van der Waals surface area contributed by atoms with E-state index in [1.807, 2.05) is 0 Å². The Morgan fingerprint density at radius 2 is 2.73 bits per heavy atom. The van der Waals surface area contributed by atoms with Crippen molar-refractivity contribution in [1.29, 1.82) is 4.29 Å². The van der Waals surface area contributed by atoms with Gasteiger partial charge in [-0.25, -0.2) is 4.57 Å². The first kappa shape index (κ1) is 8.27. The zero-order chi connectivity index (χ0) is 10.5. The maximum atomic E-state index is 11.3. The smallest absolute Gasteiger partial charge is 0.419 e. The van der Waals surface area contributed by atoms with Crippen LogP contribution in [-0.2, 0) is 42.1 Å². The second-order valence-electron chi connectivity index (χ2n) is 1.88. The fraction of sp³-hybridized carbons (Fsp3) is 0.400. The van der Waals surface area contributed by atoms with Crippen molar-refractivity contribution in [2.45, 2.75) is 6.92 Å². The molecular weight excluding hydrogens is 244 g/mol. The Morgan fingerprint density at radius 1 is 2.09 bits per heavy atom. The molecule has 61 valence electrons. The van der Waals surface area contributed by atoms with Crippen molar-refractivity contribution in [2.24, 2.45) is 0 Å². The summed E-state index contributed by atoms with van der Waals surface area (Å²) in [5, 5.41) is 0. The van der Waals surface area contributed by atoms with E-state index in [9.17, 15) is 9.36 Å². The molecule has 1 radical (unpaired) electrons. The van der Waals surface area contributed by atoms with Gasteiger partial charge in [0.05, 0.1) is 6.16 Å². The van der Waals surface area contributed by atoms with Crippen molar-refractivity contribution in [3.8, 4) is 0 Å². The van der Waals surface area contributed by atoms with Gasteiger partial charge in [0.2, 0.25) is 1.43 Å². The molecule has 0 fully saturated rings. The van der Waals surface area contributed by atoms with Gasteiger partial charge < -0.3 is 9.69 Å². The molecule has 0 aromatic rings. The summed E-state index contributed by atoms with van der Waals surface area (Å²) in [5.74, 6) is 0. The van der Waals surface area contributed by atoms with E-state index >= 15 is 0 Å². The minimum Gasteiger partial charge on any atom is -0.419 e. The minimum absolute atomic E-state index is 0. The summed E-state index contributed by atoms with van der Waals surface area (Å²) >= 11 is 0. The predicted molar refractivity (Wildman–Crippen MR) is 37.8 cm³/mol. The quantitative estimate of drug-likeness (QED) is 0.325. The van der Waals surface area contributed by atoms with Gasteiger partial charge in [0, 0.05) is 32.7 Å². The third kappa shape index (κ3) is 10.7. The molecule has 0 amide bonds. The monoisotopic (exact) mass is 259 g/mol. The van der Waals surface area contributed by atoms with E-state index in [-0.39, 0.29) is 38.9 Å². The predicted octanol–water partition coefficient (Wildman–Crippen LogP) is -0.0501. The van der Waals surface area contributed by atoms with Crippen LogP contribution in [0.15, 0.2) is 11.6 Å². The van der Waals surface area contributed by atoms with Crippen LogP contribution in [0, 0.1) is 0 Å². The van der Waals surface area contributed by atoms with Crippen LogP contribution in [0.3, 0.4) is 0 Å². The summed E-state index contributed by atoms with van der Waals surface area (Å²) < 4.78 is 31.0. The van der Waals surface area contributed by atoms with Crippen LogP contribution >= 0.6 is 7.60 Å². The van der Waals surface area contributed by atoms with Crippen molar-refractivity contribution in [1.82, 2.24) is 0 Å². The Morgan fingerprint density at radius 3 is 3.09 bits per heavy atom. The van der Waals surface area contributed by atoms with Crippen LogP contribution in [0.5, 0.6) is 0 Å². The second-order valence-corrected chi connectivity index (χ2v) is 3.42.